The van der Waals surface area contributed by atoms with Gasteiger partial charge in [-0.05, 0) is 39.2 Å². The summed E-state index contributed by atoms with van der Waals surface area (Å²) >= 11 is 0. The van der Waals surface area contributed by atoms with Crippen molar-refractivity contribution in [2.24, 2.45) is 5.92 Å². The minimum atomic E-state index is -0.232. The Balaban J connectivity index is 2.50. The minimum absolute atomic E-state index is 0.0274. The molecule has 0 fully saturated rings. The van der Waals surface area contributed by atoms with Gasteiger partial charge in [0.2, 0.25) is 0 Å². The van der Waals surface area contributed by atoms with E-state index in [1.807, 2.05) is 58.2 Å². The van der Waals surface area contributed by atoms with Crippen LogP contribution < -0.4 is 9.64 Å². The summed E-state index contributed by atoms with van der Waals surface area (Å²) in [5, 5.41) is 9.61. The number of amides is 1. The number of aliphatic hydroxyl groups excluding tert-OH is 1. The quantitative estimate of drug-likeness (QED) is 0.874. The van der Waals surface area contributed by atoms with E-state index in [9.17, 15) is 9.90 Å². The third-order valence-electron chi connectivity index (χ3n) is 4.71. The molecule has 3 atom stereocenters. The van der Waals surface area contributed by atoms with Crippen LogP contribution in [0, 0.1) is 5.92 Å². The second kappa shape index (κ2) is 8.06. The summed E-state index contributed by atoms with van der Waals surface area (Å²) in [4.78, 5) is 19.0. The Morgan fingerprint density at radius 3 is 2.56 bits per heavy atom. The average Bonchev–Trinajstić information content (AvgIpc) is 2.56. The highest BCUT2D eigenvalue weighted by atomic mass is 16.5. The number of nitrogens with zero attached hydrogens (tertiary/aromatic N) is 3. The van der Waals surface area contributed by atoms with Crippen molar-refractivity contribution in [3.05, 3.63) is 23.8 Å². The predicted octanol–water partition coefficient (Wildman–Crippen LogP) is 1.53. The highest BCUT2D eigenvalue weighted by Crippen LogP contribution is 2.31. The number of hydrogen-bond donors (Lipinski definition) is 1. The number of carbonyl (C=O) groups excluding carboxylic acids is 1. The maximum absolute atomic E-state index is 13.1. The first-order valence-corrected chi connectivity index (χ1v) is 8.79. The van der Waals surface area contributed by atoms with Gasteiger partial charge in [-0.1, -0.05) is 6.92 Å². The van der Waals surface area contributed by atoms with Gasteiger partial charge in [-0.2, -0.15) is 0 Å². The van der Waals surface area contributed by atoms with E-state index in [0.29, 0.717) is 17.9 Å². The molecule has 1 amide bonds. The van der Waals surface area contributed by atoms with Crippen LogP contribution in [0.4, 0.5) is 5.69 Å². The van der Waals surface area contributed by atoms with Gasteiger partial charge in [-0.3, -0.25) is 4.79 Å². The molecule has 0 saturated carbocycles. The Bertz CT molecular complexity index is 604. The number of carbonyl (C=O) groups is 1. The Morgan fingerprint density at radius 1 is 1.32 bits per heavy atom. The third-order valence-corrected chi connectivity index (χ3v) is 4.71. The van der Waals surface area contributed by atoms with Crippen molar-refractivity contribution in [2.45, 2.75) is 26.0 Å². The van der Waals surface area contributed by atoms with Gasteiger partial charge in [0.15, 0.2) is 0 Å². The number of anilines is 1. The molecule has 2 rings (SSSR count). The zero-order valence-electron chi connectivity index (χ0n) is 16.2. The van der Waals surface area contributed by atoms with E-state index < -0.39 is 0 Å². The highest BCUT2D eigenvalue weighted by molar-refractivity contribution is 5.98. The van der Waals surface area contributed by atoms with Gasteiger partial charge >= 0.3 is 0 Å². The SMILES string of the molecule is C[C@@H]1CN([C@H](C)CO)C(=O)c2cc(N(C)C)ccc2O[C@H]1CN(C)C. The lowest BCUT2D eigenvalue weighted by Crippen LogP contribution is -2.49. The van der Waals surface area contributed by atoms with E-state index in [1.54, 1.807) is 4.90 Å². The first kappa shape index (κ1) is 19.5. The predicted molar refractivity (Wildman–Crippen MR) is 100 cm³/mol. The molecule has 0 radical (unpaired) electrons. The van der Waals surface area contributed by atoms with Crippen LogP contribution in [-0.2, 0) is 0 Å². The second-order valence-corrected chi connectivity index (χ2v) is 7.46. The van der Waals surface area contributed by atoms with Crippen LogP contribution in [0.5, 0.6) is 5.75 Å². The molecule has 0 bridgehead atoms. The van der Waals surface area contributed by atoms with Crippen molar-refractivity contribution in [1.29, 1.82) is 0 Å². The van der Waals surface area contributed by atoms with Crippen LogP contribution in [0.2, 0.25) is 0 Å². The fraction of sp³-hybridized carbons (Fsp3) is 0.632. The molecule has 1 aliphatic heterocycles. The van der Waals surface area contributed by atoms with Crippen LogP contribution in [0.15, 0.2) is 18.2 Å². The summed E-state index contributed by atoms with van der Waals surface area (Å²) in [7, 11) is 7.93. The molecular weight excluding hydrogens is 318 g/mol. The van der Waals surface area contributed by atoms with Gasteiger partial charge in [-0.25, -0.2) is 0 Å². The number of likely N-dealkylation sites (N-methyl/N-ethyl adjacent to an activating group) is 1. The zero-order chi connectivity index (χ0) is 18.7. The normalized spacial score (nSPS) is 22.1. The Kier molecular flexibility index (Phi) is 6.30. The highest BCUT2D eigenvalue weighted by Gasteiger charge is 2.33. The smallest absolute Gasteiger partial charge is 0.258 e. The molecule has 0 unspecified atom stereocenters. The van der Waals surface area contributed by atoms with Gasteiger partial charge in [0.05, 0.1) is 18.2 Å². The maximum Gasteiger partial charge on any atom is 0.258 e. The molecule has 6 heteroatoms. The monoisotopic (exact) mass is 349 g/mol. The van der Waals surface area contributed by atoms with E-state index in [1.165, 1.54) is 0 Å². The van der Waals surface area contributed by atoms with Crippen molar-refractivity contribution in [1.82, 2.24) is 9.80 Å². The number of rotatable bonds is 5. The first-order valence-electron chi connectivity index (χ1n) is 8.79. The summed E-state index contributed by atoms with van der Waals surface area (Å²) < 4.78 is 6.26. The van der Waals surface area contributed by atoms with Gasteiger partial charge < -0.3 is 24.5 Å². The number of fused-ring (bicyclic) bond motifs is 1. The van der Waals surface area contributed by atoms with Gasteiger partial charge in [-0.15, -0.1) is 0 Å². The first-order chi connectivity index (χ1) is 11.7. The largest absolute Gasteiger partial charge is 0.488 e. The molecule has 140 valence electrons. The molecule has 1 N–H and O–H groups in total. The summed E-state index contributed by atoms with van der Waals surface area (Å²) in [6.07, 6.45) is -0.0274. The van der Waals surface area contributed by atoms with Crippen molar-refractivity contribution in [2.75, 3.05) is 52.8 Å². The van der Waals surface area contributed by atoms with Gasteiger partial charge in [0.1, 0.15) is 11.9 Å². The lowest BCUT2D eigenvalue weighted by Gasteiger charge is -2.38. The van der Waals surface area contributed by atoms with E-state index in [-0.39, 0.29) is 30.6 Å². The number of hydrogen-bond acceptors (Lipinski definition) is 5. The molecule has 6 nitrogen and oxygen atoms in total. The Labute approximate surface area is 151 Å². The Hall–Kier alpha value is -1.79. The molecule has 1 aromatic rings. The zero-order valence-corrected chi connectivity index (χ0v) is 16.2. The van der Waals surface area contributed by atoms with Gasteiger partial charge in [0, 0.05) is 38.8 Å². The topological polar surface area (TPSA) is 56.3 Å². The standard InChI is InChI=1S/C19H31N3O3/c1-13-10-22(14(2)12-23)19(24)16-9-15(21(5)6)7-8-17(16)25-18(13)11-20(3)4/h7-9,13-14,18,23H,10-12H2,1-6H3/t13-,14-,18+/m1/s1. The molecule has 1 heterocycles. The number of benzene rings is 1. The molecule has 0 spiro atoms. The molecule has 1 aromatic carbocycles. The summed E-state index contributed by atoms with van der Waals surface area (Å²) in [5.41, 5.74) is 1.51. The summed E-state index contributed by atoms with van der Waals surface area (Å²) in [5.74, 6) is 0.682. The van der Waals surface area contributed by atoms with Gasteiger partial charge in [0.25, 0.3) is 5.91 Å². The van der Waals surface area contributed by atoms with Crippen molar-refractivity contribution in [3.63, 3.8) is 0 Å². The van der Waals surface area contributed by atoms with Crippen molar-refractivity contribution < 1.29 is 14.6 Å². The van der Waals surface area contributed by atoms with Crippen LogP contribution in [0.3, 0.4) is 0 Å². The molecular formula is C19H31N3O3. The van der Waals surface area contributed by atoms with Crippen molar-refractivity contribution in [3.8, 4) is 5.75 Å². The third kappa shape index (κ3) is 4.44. The van der Waals surface area contributed by atoms with E-state index in [2.05, 4.69) is 11.8 Å². The lowest BCUT2D eigenvalue weighted by atomic mass is 9.99. The summed E-state index contributed by atoms with van der Waals surface area (Å²) in [6, 6.07) is 5.48. The maximum atomic E-state index is 13.1. The lowest BCUT2D eigenvalue weighted by molar-refractivity contribution is 0.0363. The second-order valence-electron chi connectivity index (χ2n) is 7.46. The van der Waals surface area contributed by atoms with E-state index in [0.717, 1.165) is 12.2 Å². The minimum Gasteiger partial charge on any atom is -0.488 e. The van der Waals surface area contributed by atoms with Crippen LogP contribution in [0.1, 0.15) is 24.2 Å². The number of ether oxygens (including phenoxy) is 1. The average molecular weight is 349 g/mol. The molecule has 25 heavy (non-hydrogen) atoms. The Morgan fingerprint density at radius 2 is 2.00 bits per heavy atom. The molecule has 1 aliphatic rings. The van der Waals surface area contributed by atoms with Crippen LogP contribution in [0.25, 0.3) is 0 Å². The van der Waals surface area contributed by atoms with E-state index in [4.69, 9.17) is 4.74 Å². The molecule has 0 aliphatic carbocycles. The molecule has 0 saturated heterocycles. The fourth-order valence-electron chi connectivity index (χ4n) is 3.07. The molecule has 0 aromatic heterocycles. The van der Waals surface area contributed by atoms with Crippen LogP contribution in [-0.4, -0.2) is 80.8 Å². The fourth-order valence-corrected chi connectivity index (χ4v) is 3.07. The number of aliphatic hydroxyl groups is 1. The van der Waals surface area contributed by atoms with Crippen LogP contribution >= 0.6 is 0 Å². The van der Waals surface area contributed by atoms with Crippen molar-refractivity contribution >= 4 is 11.6 Å². The van der Waals surface area contributed by atoms with E-state index >= 15 is 0 Å². The summed E-state index contributed by atoms with van der Waals surface area (Å²) in [6.45, 7) is 5.25.